The van der Waals surface area contributed by atoms with Crippen molar-refractivity contribution in [2.45, 2.75) is 93.9 Å². The molecule has 0 aliphatic carbocycles. The zero-order valence-electron chi connectivity index (χ0n) is 15.4. The van der Waals surface area contributed by atoms with Gasteiger partial charge in [-0.1, -0.05) is 70.2 Å². The molecule has 0 aromatic carbocycles. The number of hydrogen-bond donors (Lipinski definition) is 0. The van der Waals surface area contributed by atoms with Crippen LogP contribution in [0.4, 0.5) is 0 Å². The summed E-state index contributed by atoms with van der Waals surface area (Å²) in [4.78, 5) is 3.02. The van der Waals surface area contributed by atoms with Gasteiger partial charge in [-0.15, -0.1) is 11.3 Å². The van der Waals surface area contributed by atoms with E-state index < -0.39 is 0 Å². The van der Waals surface area contributed by atoms with Crippen LogP contribution in [0.2, 0.25) is 0 Å². The molecule has 0 aliphatic rings. The summed E-state index contributed by atoms with van der Waals surface area (Å²) in [6.45, 7) is 17.6. The lowest BCUT2D eigenvalue weighted by Gasteiger charge is -2.00. The van der Waals surface area contributed by atoms with Gasteiger partial charge in [-0.3, -0.25) is 0 Å². The molecule has 0 spiro atoms. The number of thiophene rings is 1. The van der Waals surface area contributed by atoms with Gasteiger partial charge in [-0.05, 0) is 36.1 Å². The molecular weight excluding hydrogens is 312 g/mol. The first-order chi connectivity index (χ1) is 10.2. The molecule has 0 atom stereocenters. The summed E-state index contributed by atoms with van der Waals surface area (Å²) < 4.78 is 5.61. The molecule has 0 amide bonds. The van der Waals surface area contributed by atoms with Gasteiger partial charge in [-0.2, -0.15) is 0 Å². The highest BCUT2D eigenvalue weighted by molar-refractivity contribution is 7.12. The second-order valence-corrected chi connectivity index (χ2v) is 8.25. The largest absolute Gasteiger partial charge is 0.466 e. The molecule has 2 heteroatoms. The van der Waals surface area contributed by atoms with Gasteiger partial charge in [0, 0.05) is 21.6 Å². The van der Waals surface area contributed by atoms with E-state index in [2.05, 4.69) is 79.7 Å². The summed E-state index contributed by atoms with van der Waals surface area (Å²) in [5.41, 5.74) is 0. The van der Waals surface area contributed by atoms with Gasteiger partial charge in [0.1, 0.15) is 11.5 Å². The Bertz CT molecular complexity index is 449. The van der Waals surface area contributed by atoms with Gasteiger partial charge in [0.15, 0.2) is 0 Å². The summed E-state index contributed by atoms with van der Waals surface area (Å²) >= 11 is 1.95. The summed E-state index contributed by atoms with van der Waals surface area (Å²) in [5.74, 6) is 4.56. The molecule has 0 unspecified atom stereocenters. The zero-order chi connectivity index (χ0) is 16.9. The van der Waals surface area contributed by atoms with Gasteiger partial charge in [0.05, 0.1) is 0 Å². The van der Waals surface area contributed by atoms with Gasteiger partial charge in [0.2, 0.25) is 0 Å². The van der Waals surface area contributed by atoms with Crippen molar-refractivity contribution in [2.24, 2.45) is 0 Å². The van der Waals surface area contributed by atoms with E-state index in [1.54, 1.807) is 0 Å². The maximum atomic E-state index is 5.61. The molecule has 2 aromatic rings. The fraction of sp³-hybridized carbons (Fsp3) is 0.636. The Balaban J connectivity index is 0. The average molecular weight is 353 g/mol. The molecule has 1 nitrogen and oxygen atoms in total. The molecule has 2 heterocycles. The minimum absolute atomic E-state index is 0. The highest BCUT2D eigenvalue weighted by atomic mass is 32.1. The molecule has 24 heavy (non-hydrogen) atoms. The van der Waals surface area contributed by atoms with Crippen LogP contribution in [0.25, 0.3) is 0 Å². The lowest BCUT2D eigenvalue weighted by atomic mass is 10.1. The first-order valence-corrected chi connectivity index (χ1v) is 9.23. The van der Waals surface area contributed by atoms with Crippen molar-refractivity contribution < 1.29 is 4.42 Å². The second-order valence-electron chi connectivity index (χ2n) is 7.10. The van der Waals surface area contributed by atoms with Gasteiger partial charge in [-0.25, -0.2) is 0 Å². The summed E-state index contributed by atoms with van der Waals surface area (Å²) in [6, 6.07) is 8.65. The molecule has 0 saturated heterocycles. The lowest BCUT2D eigenvalue weighted by Crippen LogP contribution is -1.83. The van der Waals surface area contributed by atoms with E-state index in [1.807, 2.05) is 11.3 Å². The van der Waals surface area contributed by atoms with Crippen LogP contribution in [0.15, 0.2) is 28.7 Å². The van der Waals surface area contributed by atoms with Crippen LogP contribution < -0.4 is 0 Å². The van der Waals surface area contributed by atoms with Crippen molar-refractivity contribution in [3.63, 3.8) is 0 Å². The number of furan rings is 1. The van der Waals surface area contributed by atoms with E-state index in [0.29, 0.717) is 23.7 Å². The average Bonchev–Trinajstić information content (AvgIpc) is 3.09. The highest BCUT2D eigenvalue weighted by Gasteiger charge is 2.07. The lowest BCUT2D eigenvalue weighted by molar-refractivity contribution is 0.432. The first kappa shape index (κ1) is 25.2. The van der Waals surface area contributed by atoms with Gasteiger partial charge >= 0.3 is 0 Å². The monoisotopic (exact) mass is 352 g/mol. The molecule has 0 saturated carbocycles. The van der Waals surface area contributed by atoms with Crippen LogP contribution in [-0.4, -0.2) is 0 Å². The van der Waals surface area contributed by atoms with Crippen molar-refractivity contribution in [3.05, 3.63) is 45.5 Å². The third-order valence-electron chi connectivity index (χ3n) is 3.57. The van der Waals surface area contributed by atoms with Crippen LogP contribution in [-0.2, 0) is 0 Å². The van der Waals surface area contributed by atoms with Crippen molar-refractivity contribution in [2.75, 3.05) is 0 Å². The molecule has 2 aromatic heterocycles. The fourth-order valence-electron chi connectivity index (χ4n) is 1.98. The summed E-state index contributed by atoms with van der Waals surface area (Å²) in [6.07, 6.45) is 0. The van der Waals surface area contributed by atoms with E-state index in [-0.39, 0.29) is 14.9 Å². The molecular formula is C22H40OS. The third kappa shape index (κ3) is 7.70. The molecule has 0 radical (unpaired) electrons. The standard InChI is InChI=1S/C10H16O.C10H16S.2CH4/c2*1-7(2)9-5-6-10(11-9)8(3)4;;/h2*5-8H,1-4H3;2*1H4. The Hall–Kier alpha value is -1.02. The second kappa shape index (κ2) is 11.5. The molecule has 140 valence electrons. The van der Waals surface area contributed by atoms with Gasteiger partial charge < -0.3 is 4.42 Å². The zero-order valence-corrected chi connectivity index (χ0v) is 16.3. The number of rotatable bonds is 4. The SMILES string of the molecule is C.C.CC(C)c1ccc(C(C)C)o1.CC(C)c1ccc(C(C)C)s1. The Morgan fingerprint density at radius 2 is 0.917 bits per heavy atom. The van der Waals surface area contributed by atoms with Crippen LogP contribution in [0.5, 0.6) is 0 Å². The van der Waals surface area contributed by atoms with Crippen LogP contribution in [0.3, 0.4) is 0 Å². The molecule has 0 aliphatic heterocycles. The predicted molar refractivity (Wildman–Crippen MR) is 113 cm³/mol. The van der Waals surface area contributed by atoms with E-state index in [0.717, 1.165) is 11.5 Å². The van der Waals surface area contributed by atoms with E-state index in [9.17, 15) is 0 Å². The van der Waals surface area contributed by atoms with Crippen molar-refractivity contribution in [1.82, 2.24) is 0 Å². The van der Waals surface area contributed by atoms with Gasteiger partial charge in [0.25, 0.3) is 0 Å². The Kier molecular flexibility index (Phi) is 12.1. The fourth-order valence-corrected chi connectivity index (χ4v) is 2.99. The third-order valence-corrected chi connectivity index (χ3v) is 5.26. The van der Waals surface area contributed by atoms with E-state index in [4.69, 9.17) is 4.42 Å². The molecule has 0 bridgehead atoms. The maximum Gasteiger partial charge on any atom is 0.106 e. The smallest absolute Gasteiger partial charge is 0.106 e. The highest BCUT2D eigenvalue weighted by Crippen LogP contribution is 2.28. The van der Waals surface area contributed by atoms with Crippen molar-refractivity contribution >= 4 is 11.3 Å². The Morgan fingerprint density at radius 3 is 1.08 bits per heavy atom. The topological polar surface area (TPSA) is 13.1 Å². The minimum Gasteiger partial charge on any atom is -0.466 e. The quantitative estimate of drug-likeness (QED) is 0.535. The first-order valence-electron chi connectivity index (χ1n) is 8.41. The maximum absolute atomic E-state index is 5.61. The minimum atomic E-state index is 0. The molecule has 2 rings (SSSR count). The summed E-state index contributed by atoms with van der Waals surface area (Å²) in [7, 11) is 0. The van der Waals surface area contributed by atoms with Crippen molar-refractivity contribution in [1.29, 1.82) is 0 Å². The molecule has 0 N–H and O–H groups in total. The number of hydrogen-bond acceptors (Lipinski definition) is 2. The van der Waals surface area contributed by atoms with E-state index >= 15 is 0 Å². The molecule has 0 fully saturated rings. The van der Waals surface area contributed by atoms with Crippen LogP contribution in [0.1, 0.15) is 115 Å². The summed E-state index contributed by atoms with van der Waals surface area (Å²) in [5, 5.41) is 0. The van der Waals surface area contributed by atoms with Crippen LogP contribution in [0, 0.1) is 0 Å². The normalized spacial score (nSPS) is 10.5. The predicted octanol–water partition coefficient (Wildman–Crippen LogP) is 8.79. The van der Waals surface area contributed by atoms with E-state index in [1.165, 1.54) is 9.75 Å². The van der Waals surface area contributed by atoms with Crippen LogP contribution >= 0.6 is 11.3 Å². The van der Waals surface area contributed by atoms with Crippen molar-refractivity contribution in [3.8, 4) is 0 Å². The Labute approximate surface area is 155 Å². The Morgan fingerprint density at radius 1 is 0.583 bits per heavy atom.